The molecule has 2 aromatic heterocycles. The van der Waals surface area contributed by atoms with Crippen molar-refractivity contribution in [2.75, 3.05) is 18.5 Å². The summed E-state index contributed by atoms with van der Waals surface area (Å²) in [6.45, 7) is 22.1. The van der Waals surface area contributed by atoms with Gasteiger partial charge in [-0.3, -0.25) is 24.5 Å². The minimum absolute atomic E-state index is 0.00317. The molecule has 17 heteroatoms. The number of carbonyl (C=O) groups excluding carboxylic acids is 2. The number of benzene rings is 1. The van der Waals surface area contributed by atoms with Crippen molar-refractivity contribution in [2.24, 2.45) is 5.92 Å². The number of aromatic amines is 1. The number of ether oxygens (including phenoxy) is 2. The van der Waals surface area contributed by atoms with Crippen molar-refractivity contribution in [3.8, 4) is 6.07 Å². The van der Waals surface area contributed by atoms with E-state index in [2.05, 4.69) is 64.9 Å². The lowest BCUT2D eigenvalue weighted by Crippen LogP contribution is -2.49. The maximum atomic E-state index is 13.2. The molecule has 1 aliphatic heterocycles. The Morgan fingerprint density at radius 2 is 1.77 bits per heavy atom. The van der Waals surface area contributed by atoms with Crippen molar-refractivity contribution >= 4 is 45.8 Å². The number of amides is 1. The van der Waals surface area contributed by atoms with Crippen molar-refractivity contribution < 1.29 is 32.5 Å². The Bertz CT molecular complexity index is 1800. The van der Waals surface area contributed by atoms with Gasteiger partial charge >= 0.3 is 5.97 Å². The van der Waals surface area contributed by atoms with Gasteiger partial charge in [-0.05, 0) is 58.0 Å². The molecule has 2 N–H and O–H groups in total. The number of H-pyrrole nitrogens is 1. The van der Waals surface area contributed by atoms with Crippen LogP contribution in [0.1, 0.15) is 85.3 Å². The molecule has 0 aliphatic carbocycles. The van der Waals surface area contributed by atoms with Crippen molar-refractivity contribution in [3.63, 3.8) is 0 Å². The van der Waals surface area contributed by atoms with E-state index in [0.29, 0.717) is 5.56 Å². The molecule has 1 fully saturated rings. The molecule has 5 atom stereocenters. The molecule has 1 aliphatic rings. The summed E-state index contributed by atoms with van der Waals surface area (Å²) in [7, 11) is -4.41. The van der Waals surface area contributed by atoms with E-state index in [0.717, 1.165) is 0 Å². The first-order valence-electron chi connectivity index (χ1n) is 17.9. The van der Waals surface area contributed by atoms with E-state index in [1.165, 1.54) is 6.33 Å². The molecule has 3 aromatic rings. The molecule has 290 valence electrons. The Labute approximate surface area is 313 Å². The minimum Gasteiger partial charge on any atom is -0.459 e. The highest BCUT2D eigenvalue weighted by Gasteiger charge is 2.54. The van der Waals surface area contributed by atoms with Crippen LogP contribution in [0.15, 0.2) is 41.5 Å². The van der Waals surface area contributed by atoms with E-state index in [1.54, 1.807) is 42.7 Å². The number of hydrogen-bond donors (Lipinski definition) is 2. The number of rotatable bonds is 16. The Kier molecular flexibility index (Phi) is 14.1. The second-order valence-corrected chi connectivity index (χ2v) is 21.5. The highest BCUT2D eigenvalue weighted by Crippen LogP contribution is 2.52. The molecular weight excluding hydrogens is 717 g/mol. The van der Waals surface area contributed by atoms with Gasteiger partial charge in [-0.1, -0.05) is 52.8 Å². The molecule has 2 unspecified atom stereocenters. The van der Waals surface area contributed by atoms with Crippen molar-refractivity contribution in [3.05, 3.63) is 52.6 Å². The Morgan fingerprint density at radius 1 is 1.11 bits per heavy atom. The van der Waals surface area contributed by atoms with Gasteiger partial charge in [0.25, 0.3) is 14.1 Å². The number of aromatic nitrogens is 4. The zero-order chi connectivity index (χ0) is 39.2. The van der Waals surface area contributed by atoms with E-state index in [4.69, 9.17) is 22.9 Å². The normalized spacial score (nSPS) is 20.0. The predicted octanol–water partition coefficient (Wildman–Crippen LogP) is 6.52. The summed E-state index contributed by atoms with van der Waals surface area (Å²) in [6.07, 6.45) is -1.95. The summed E-state index contributed by atoms with van der Waals surface area (Å²) in [5, 5.41) is 11.8. The molecular formula is C36H54N7O8PSi. The van der Waals surface area contributed by atoms with Crippen LogP contribution >= 0.6 is 8.53 Å². The van der Waals surface area contributed by atoms with E-state index in [-0.39, 0.29) is 65.7 Å². The van der Waals surface area contributed by atoms with Crippen molar-refractivity contribution in [2.45, 2.75) is 123 Å². The van der Waals surface area contributed by atoms with Gasteiger partial charge in [-0.2, -0.15) is 10.2 Å². The molecule has 0 saturated carbocycles. The third kappa shape index (κ3) is 10.2. The van der Waals surface area contributed by atoms with Crippen LogP contribution in [0.4, 0.5) is 5.95 Å². The van der Waals surface area contributed by atoms with Gasteiger partial charge in [0.1, 0.15) is 24.9 Å². The number of esters is 1. The lowest BCUT2D eigenvalue weighted by molar-refractivity contribution is -0.118. The van der Waals surface area contributed by atoms with E-state index in [1.807, 2.05) is 33.8 Å². The summed E-state index contributed by atoms with van der Waals surface area (Å²) < 4.78 is 36.8. The fourth-order valence-corrected chi connectivity index (χ4v) is 8.54. The number of fused-ring (bicyclic) bond motifs is 1. The molecule has 53 heavy (non-hydrogen) atoms. The predicted molar refractivity (Wildman–Crippen MR) is 204 cm³/mol. The van der Waals surface area contributed by atoms with Crippen molar-refractivity contribution in [1.29, 1.82) is 5.26 Å². The quantitative estimate of drug-likeness (QED) is 0.0697. The van der Waals surface area contributed by atoms with Crippen LogP contribution in [0.3, 0.4) is 0 Å². The first kappa shape index (κ1) is 42.2. The average Bonchev–Trinajstić information content (AvgIpc) is 3.64. The Morgan fingerprint density at radius 3 is 2.36 bits per heavy atom. The third-order valence-electron chi connectivity index (χ3n) is 9.26. The first-order chi connectivity index (χ1) is 24.9. The topological polar surface area (TPSA) is 183 Å². The second kappa shape index (κ2) is 17.7. The summed E-state index contributed by atoms with van der Waals surface area (Å²) in [5.41, 5.74) is 0.0153. The molecule has 0 radical (unpaired) electrons. The lowest BCUT2D eigenvalue weighted by atomic mass is 10.1. The summed E-state index contributed by atoms with van der Waals surface area (Å²) >= 11 is 0. The summed E-state index contributed by atoms with van der Waals surface area (Å²) in [5.74, 6) is -1.26. The maximum absolute atomic E-state index is 13.2. The Hall–Kier alpha value is -3.55. The fourth-order valence-electron chi connectivity index (χ4n) is 5.48. The smallest absolute Gasteiger partial charge is 0.338 e. The van der Waals surface area contributed by atoms with Gasteiger partial charge in [0.05, 0.1) is 31.0 Å². The lowest BCUT2D eigenvalue weighted by Gasteiger charge is -2.42. The number of nitrogens with one attached hydrogen (secondary N) is 2. The van der Waals surface area contributed by atoms with Gasteiger partial charge < -0.3 is 22.9 Å². The molecule has 0 spiro atoms. The van der Waals surface area contributed by atoms with Crippen LogP contribution in [0.2, 0.25) is 18.1 Å². The zero-order valence-corrected chi connectivity index (χ0v) is 34.5. The van der Waals surface area contributed by atoms with Gasteiger partial charge in [-0.15, -0.1) is 0 Å². The number of carbonyl (C=O) groups is 2. The van der Waals surface area contributed by atoms with Gasteiger partial charge in [-0.25, -0.2) is 14.4 Å². The van der Waals surface area contributed by atoms with Gasteiger partial charge in [0, 0.05) is 18.0 Å². The van der Waals surface area contributed by atoms with E-state index in [9.17, 15) is 19.6 Å². The highest BCUT2D eigenvalue weighted by atomic mass is 31.2. The van der Waals surface area contributed by atoms with Crippen molar-refractivity contribution in [1.82, 2.24) is 24.2 Å². The standard InChI is InChI=1S/C36H54N7O8PSi/c1-22(2)31(44)40-35-39-30-27(32(45)41-35)38-21-42(30)33-29(51-53(10,11)36(7,8)9)28(26(49-33)20-47-34(46)25-16-13-12-14-17-25)50-52(48-19-15-18-37)43(23(3)4)24(5)6/h12-14,16-17,21-24,26,28-29,33H,15,19-20H2,1-11H3,(H2,39,40,41,44,45)/t26-,28+,29?,33-,52?/m1/s1. The molecule has 15 nitrogen and oxygen atoms in total. The summed E-state index contributed by atoms with van der Waals surface area (Å²) in [6, 6.07) is 10.8. The fraction of sp³-hybridized carbons (Fsp3) is 0.611. The van der Waals surface area contributed by atoms with Crippen LogP contribution in [0, 0.1) is 17.2 Å². The molecule has 4 rings (SSSR count). The number of hydrogen-bond acceptors (Lipinski definition) is 12. The SMILES string of the molecule is CC(C)C(=O)Nc1nc2c(ncn2[C@@H]2O[C@H](COC(=O)c3ccccc3)[C@H](OP(OCCC#N)N(C(C)C)C(C)C)C2O[Si](C)(C)C(C)(C)C)c(=O)[nH]1. The van der Waals surface area contributed by atoms with E-state index < -0.39 is 52.9 Å². The first-order valence-corrected chi connectivity index (χ1v) is 22.0. The van der Waals surface area contributed by atoms with Gasteiger partial charge in [0.15, 0.2) is 25.7 Å². The largest absolute Gasteiger partial charge is 0.459 e. The van der Waals surface area contributed by atoms with Crippen LogP contribution < -0.4 is 10.9 Å². The van der Waals surface area contributed by atoms with Crippen LogP contribution in [0.5, 0.6) is 0 Å². The molecule has 3 heterocycles. The Balaban J connectivity index is 1.87. The third-order valence-corrected chi connectivity index (χ3v) is 15.9. The monoisotopic (exact) mass is 771 g/mol. The number of nitrogens with zero attached hydrogens (tertiary/aromatic N) is 5. The zero-order valence-electron chi connectivity index (χ0n) is 32.6. The van der Waals surface area contributed by atoms with Crippen LogP contribution in [0.25, 0.3) is 11.2 Å². The number of anilines is 1. The molecule has 1 amide bonds. The number of imidazole rings is 1. The minimum atomic E-state index is -2.61. The second-order valence-electron chi connectivity index (χ2n) is 15.4. The molecule has 1 aromatic carbocycles. The van der Waals surface area contributed by atoms with Crippen LogP contribution in [-0.4, -0.2) is 88.0 Å². The highest BCUT2D eigenvalue weighted by molar-refractivity contribution is 7.44. The van der Waals surface area contributed by atoms with Crippen LogP contribution in [-0.2, 0) is 27.7 Å². The van der Waals surface area contributed by atoms with Gasteiger partial charge in [0.2, 0.25) is 11.9 Å². The average molecular weight is 772 g/mol. The number of nitriles is 1. The molecule has 1 saturated heterocycles. The molecule has 0 bridgehead atoms. The summed E-state index contributed by atoms with van der Waals surface area (Å²) in [4.78, 5) is 50.6. The maximum Gasteiger partial charge on any atom is 0.338 e. The van der Waals surface area contributed by atoms with E-state index >= 15 is 0 Å².